The van der Waals surface area contributed by atoms with E-state index in [0.29, 0.717) is 5.76 Å². The lowest BCUT2D eigenvalue weighted by Crippen LogP contribution is -2.34. The standard InChI is InChI=1S/C13H15N3O5/c1-15(2)9(10-4-3-7-20-10)8-14-13(17)11-5-6-12(21-11)16(18)19/h3-7,9H,8H2,1-2H3,(H,14,17). The Morgan fingerprint density at radius 2 is 2.19 bits per heavy atom. The molecule has 0 saturated carbocycles. The predicted octanol–water partition coefficient (Wildman–Crippen LogP) is 1.81. The van der Waals surface area contributed by atoms with Gasteiger partial charge in [-0.05, 0) is 32.3 Å². The van der Waals surface area contributed by atoms with Gasteiger partial charge in [-0.1, -0.05) is 0 Å². The summed E-state index contributed by atoms with van der Waals surface area (Å²) in [6.45, 7) is 0.286. The van der Waals surface area contributed by atoms with Crippen LogP contribution >= 0.6 is 0 Å². The van der Waals surface area contributed by atoms with Gasteiger partial charge in [-0.3, -0.25) is 19.8 Å². The second-order valence-electron chi connectivity index (χ2n) is 4.60. The highest BCUT2D eigenvalue weighted by Gasteiger charge is 2.21. The van der Waals surface area contributed by atoms with Crippen molar-refractivity contribution < 1.29 is 18.6 Å². The summed E-state index contributed by atoms with van der Waals surface area (Å²) in [6.07, 6.45) is 1.56. The summed E-state index contributed by atoms with van der Waals surface area (Å²) in [4.78, 5) is 23.6. The number of nitrogens with zero attached hydrogens (tertiary/aromatic N) is 2. The molecule has 21 heavy (non-hydrogen) atoms. The zero-order valence-corrected chi connectivity index (χ0v) is 11.6. The molecule has 0 radical (unpaired) electrons. The third kappa shape index (κ3) is 3.48. The number of nitrogens with one attached hydrogen (secondary N) is 1. The fraction of sp³-hybridized carbons (Fsp3) is 0.308. The smallest absolute Gasteiger partial charge is 0.433 e. The van der Waals surface area contributed by atoms with Gasteiger partial charge in [-0.15, -0.1) is 0 Å². The fourth-order valence-electron chi connectivity index (χ4n) is 1.84. The Balaban J connectivity index is 2.00. The number of carbonyl (C=O) groups is 1. The largest absolute Gasteiger partial charge is 0.468 e. The molecular formula is C13H15N3O5. The van der Waals surface area contributed by atoms with E-state index in [4.69, 9.17) is 8.83 Å². The van der Waals surface area contributed by atoms with Gasteiger partial charge in [-0.25, -0.2) is 0 Å². The van der Waals surface area contributed by atoms with Crippen LogP contribution in [0.15, 0.2) is 39.4 Å². The summed E-state index contributed by atoms with van der Waals surface area (Å²) in [5, 5.41) is 13.2. The lowest BCUT2D eigenvalue weighted by atomic mass is 10.2. The van der Waals surface area contributed by atoms with E-state index in [1.165, 1.54) is 6.07 Å². The topological polar surface area (TPSA) is 102 Å². The minimum absolute atomic E-state index is 0.0985. The molecule has 0 aliphatic carbocycles. The Labute approximate surface area is 120 Å². The Morgan fingerprint density at radius 1 is 1.43 bits per heavy atom. The van der Waals surface area contributed by atoms with E-state index in [9.17, 15) is 14.9 Å². The SMILES string of the molecule is CN(C)C(CNC(=O)c1ccc([N+](=O)[O-])o1)c1ccco1. The molecule has 0 fully saturated rings. The molecule has 1 atom stereocenters. The molecule has 2 heterocycles. The number of rotatable bonds is 6. The second-order valence-corrected chi connectivity index (χ2v) is 4.60. The van der Waals surface area contributed by atoms with E-state index >= 15 is 0 Å². The molecule has 0 saturated heterocycles. The van der Waals surface area contributed by atoms with Gasteiger partial charge < -0.3 is 14.2 Å². The molecule has 2 rings (SSSR count). The quantitative estimate of drug-likeness (QED) is 0.643. The third-order valence-corrected chi connectivity index (χ3v) is 2.95. The van der Waals surface area contributed by atoms with Gasteiger partial charge in [0.15, 0.2) is 5.76 Å². The molecule has 0 bridgehead atoms. The van der Waals surface area contributed by atoms with Crippen LogP contribution in [0.25, 0.3) is 0 Å². The van der Waals surface area contributed by atoms with Crippen LogP contribution in [-0.4, -0.2) is 36.4 Å². The maximum Gasteiger partial charge on any atom is 0.433 e. The van der Waals surface area contributed by atoms with Gasteiger partial charge in [0.25, 0.3) is 5.91 Å². The van der Waals surface area contributed by atoms with Crippen molar-refractivity contribution >= 4 is 11.8 Å². The molecule has 112 valence electrons. The highest BCUT2D eigenvalue weighted by Crippen LogP contribution is 2.19. The first-order valence-corrected chi connectivity index (χ1v) is 6.21. The Morgan fingerprint density at radius 3 is 2.71 bits per heavy atom. The summed E-state index contributed by atoms with van der Waals surface area (Å²) in [5.74, 6) is -0.360. The fourth-order valence-corrected chi connectivity index (χ4v) is 1.84. The molecule has 0 aliphatic rings. The maximum atomic E-state index is 11.9. The molecule has 1 unspecified atom stereocenters. The minimum Gasteiger partial charge on any atom is -0.468 e. The summed E-state index contributed by atoms with van der Waals surface area (Å²) in [6, 6.07) is 5.85. The van der Waals surface area contributed by atoms with E-state index < -0.39 is 16.7 Å². The first-order valence-electron chi connectivity index (χ1n) is 6.21. The van der Waals surface area contributed by atoms with Crippen molar-refractivity contribution in [3.8, 4) is 0 Å². The van der Waals surface area contributed by atoms with E-state index in [1.807, 2.05) is 25.1 Å². The van der Waals surface area contributed by atoms with Gasteiger partial charge in [-0.2, -0.15) is 0 Å². The van der Waals surface area contributed by atoms with Gasteiger partial charge >= 0.3 is 5.88 Å². The van der Waals surface area contributed by atoms with Crippen LogP contribution in [0.3, 0.4) is 0 Å². The molecule has 1 amide bonds. The van der Waals surface area contributed by atoms with Gasteiger partial charge in [0.05, 0.1) is 18.4 Å². The van der Waals surface area contributed by atoms with Crippen LogP contribution in [0.2, 0.25) is 0 Å². The molecular weight excluding hydrogens is 278 g/mol. The highest BCUT2D eigenvalue weighted by atomic mass is 16.6. The van der Waals surface area contributed by atoms with Crippen molar-refractivity contribution in [1.82, 2.24) is 10.2 Å². The molecule has 8 nitrogen and oxygen atoms in total. The summed E-state index contributed by atoms with van der Waals surface area (Å²) >= 11 is 0. The highest BCUT2D eigenvalue weighted by molar-refractivity contribution is 5.91. The summed E-state index contributed by atoms with van der Waals surface area (Å²) in [5.41, 5.74) is 0. The Bertz CT molecular complexity index is 618. The first kappa shape index (κ1) is 14.8. The van der Waals surface area contributed by atoms with Crippen LogP contribution in [0.1, 0.15) is 22.4 Å². The number of hydrogen-bond acceptors (Lipinski definition) is 6. The van der Waals surface area contributed by atoms with Crippen molar-refractivity contribution in [2.75, 3.05) is 20.6 Å². The average molecular weight is 293 g/mol. The summed E-state index contributed by atoms with van der Waals surface area (Å²) in [7, 11) is 3.72. The molecule has 2 aromatic heterocycles. The number of hydrogen-bond donors (Lipinski definition) is 1. The maximum absolute atomic E-state index is 11.9. The van der Waals surface area contributed by atoms with E-state index in [-0.39, 0.29) is 18.3 Å². The number of carbonyl (C=O) groups excluding carboxylic acids is 1. The number of likely N-dealkylation sites (N-methyl/N-ethyl adjacent to an activating group) is 1. The first-order chi connectivity index (χ1) is 9.99. The van der Waals surface area contributed by atoms with Crippen LogP contribution in [0, 0.1) is 10.1 Å². The summed E-state index contributed by atoms with van der Waals surface area (Å²) < 4.78 is 10.2. The third-order valence-electron chi connectivity index (χ3n) is 2.95. The van der Waals surface area contributed by atoms with E-state index in [1.54, 1.807) is 12.3 Å². The van der Waals surface area contributed by atoms with Crippen LogP contribution in [-0.2, 0) is 0 Å². The molecule has 8 heteroatoms. The lowest BCUT2D eigenvalue weighted by molar-refractivity contribution is -0.402. The van der Waals surface area contributed by atoms with Crippen LogP contribution in [0.5, 0.6) is 0 Å². The second kappa shape index (κ2) is 6.23. The van der Waals surface area contributed by atoms with Crippen LogP contribution < -0.4 is 5.32 Å². The minimum atomic E-state index is -0.692. The number of nitro groups is 1. The van der Waals surface area contributed by atoms with Gasteiger partial charge in [0, 0.05) is 6.54 Å². The van der Waals surface area contributed by atoms with Crippen molar-refractivity contribution in [3.05, 3.63) is 52.2 Å². The molecule has 0 spiro atoms. The zero-order valence-electron chi connectivity index (χ0n) is 11.6. The number of amides is 1. The van der Waals surface area contributed by atoms with Crippen molar-refractivity contribution in [3.63, 3.8) is 0 Å². The lowest BCUT2D eigenvalue weighted by Gasteiger charge is -2.22. The Hall–Kier alpha value is -2.61. The average Bonchev–Trinajstić information content (AvgIpc) is 3.09. The Kier molecular flexibility index (Phi) is 4.39. The zero-order chi connectivity index (χ0) is 15.4. The van der Waals surface area contributed by atoms with E-state index in [2.05, 4.69) is 5.32 Å². The van der Waals surface area contributed by atoms with Crippen molar-refractivity contribution in [1.29, 1.82) is 0 Å². The van der Waals surface area contributed by atoms with Gasteiger partial charge in [0.2, 0.25) is 0 Å². The van der Waals surface area contributed by atoms with Crippen molar-refractivity contribution in [2.45, 2.75) is 6.04 Å². The monoisotopic (exact) mass is 293 g/mol. The van der Waals surface area contributed by atoms with E-state index in [0.717, 1.165) is 6.07 Å². The molecule has 1 N–H and O–H groups in total. The van der Waals surface area contributed by atoms with Crippen LogP contribution in [0.4, 0.5) is 5.88 Å². The normalized spacial score (nSPS) is 12.3. The molecule has 0 aliphatic heterocycles. The van der Waals surface area contributed by atoms with Gasteiger partial charge in [0.1, 0.15) is 10.7 Å². The molecule has 2 aromatic rings. The predicted molar refractivity (Wildman–Crippen MR) is 72.8 cm³/mol. The molecule has 0 aromatic carbocycles. The van der Waals surface area contributed by atoms with Crippen molar-refractivity contribution in [2.24, 2.45) is 0 Å². The number of furan rings is 2.